The molecule has 15 heavy (non-hydrogen) atoms. The van der Waals surface area contributed by atoms with E-state index in [0.29, 0.717) is 12.8 Å². The van der Waals surface area contributed by atoms with Gasteiger partial charge < -0.3 is 15.7 Å². The van der Waals surface area contributed by atoms with Crippen LogP contribution in [0, 0.1) is 5.92 Å². The van der Waals surface area contributed by atoms with Gasteiger partial charge in [-0.2, -0.15) is 0 Å². The Hall–Kier alpha value is -0.380. The first-order valence-electron chi connectivity index (χ1n) is 5.20. The van der Waals surface area contributed by atoms with Gasteiger partial charge in [0.25, 0.3) is 0 Å². The fraction of sp³-hybridized carbons (Fsp3) is 0.889. The zero-order chi connectivity index (χ0) is 11.8. The summed E-state index contributed by atoms with van der Waals surface area (Å²) in [5, 5.41) is 8.97. The molecule has 3 unspecified atom stereocenters. The van der Waals surface area contributed by atoms with E-state index in [0.717, 1.165) is 12.8 Å². The van der Waals surface area contributed by atoms with Crippen LogP contribution in [0.5, 0.6) is 0 Å². The average molecular weight is 237 g/mol. The molecule has 0 aliphatic rings. The maximum Gasteiger partial charge on any atom is 0.307 e. The second-order valence-corrected chi connectivity index (χ2v) is 5.03. The molecule has 0 bridgehead atoms. The first-order chi connectivity index (χ1) is 7.04. The van der Waals surface area contributed by atoms with E-state index >= 15 is 0 Å². The number of rotatable bonds is 8. The predicted octanol–water partition coefficient (Wildman–Crippen LogP) is 1.06. The smallest absolute Gasteiger partial charge is 0.307 e. The van der Waals surface area contributed by atoms with Gasteiger partial charge in [0.2, 0.25) is 0 Å². The van der Waals surface area contributed by atoms with Crippen molar-refractivity contribution in [3.63, 3.8) is 0 Å². The Bertz CT molecular complexity index is 222. The van der Waals surface area contributed by atoms with Gasteiger partial charge >= 0.3 is 5.97 Å². The van der Waals surface area contributed by atoms with Crippen molar-refractivity contribution >= 4 is 14.0 Å². The van der Waals surface area contributed by atoms with Crippen molar-refractivity contribution < 1.29 is 19.4 Å². The number of carboxylic acid groups (broad SMARTS) is 1. The third-order valence-corrected chi connectivity index (χ3v) is 3.79. The number of hydrogen-bond acceptors (Lipinski definition) is 3. The average Bonchev–Trinajstić information content (AvgIpc) is 2.16. The van der Waals surface area contributed by atoms with Gasteiger partial charge in [0.05, 0.1) is 5.92 Å². The standard InChI is InChI=1S/C9H20NO4P/c1-2-3-4-7(9(11)12)8(5-6-10)15(13)14/h7-8,15H,2-6,10H2,1H3,(H,11,12)(H,13,14). The van der Waals surface area contributed by atoms with Crippen LogP contribution in [-0.4, -0.2) is 28.2 Å². The van der Waals surface area contributed by atoms with E-state index in [2.05, 4.69) is 0 Å². The SMILES string of the molecule is CCCCC(C(=O)O)C(CCN)[PH](=O)O. The third kappa shape index (κ3) is 5.30. The van der Waals surface area contributed by atoms with E-state index < -0.39 is 25.6 Å². The lowest BCUT2D eigenvalue weighted by atomic mass is 9.96. The van der Waals surface area contributed by atoms with E-state index in [1.165, 1.54) is 0 Å². The number of unbranched alkanes of at least 4 members (excludes halogenated alkanes) is 1. The van der Waals surface area contributed by atoms with Gasteiger partial charge in [-0.15, -0.1) is 0 Å². The van der Waals surface area contributed by atoms with Crippen LogP contribution in [0.2, 0.25) is 0 Å². The Morgan fingerprint density at radius 1 is 1.47 bits per heavy atom. The lowest BCUT2D eigenvalue weighted by molar-refractivity contribution is -0.142. The molecule has 4 N–H and O–H groups in total. The van der Waals surface area contributed by atoms with Crippen LogP contribution in [-0.2, 0) is 9.36 Å². The van der Waals surface area contributed by atoms with Crippen molar-refractivity contribution in [2.45, 2.75) is 38.3 Å². The normalized spacial score (nSPS) is 17.0. The second kappa shape index (κ2) is 7.85. The van der Waals surface area contributed by atoms with Gasteiger partial charge in [-0.25, -0.2) is 0 Å². The van der Waals surface area contributed by atoms with Crippen LogP contribution in [0.25, 0.3) is 0 Å². The van der Waals surface area contributed by atoms with Crippen molar-refractivity contribution in [3.05, 3.63) is 0 Å². The Labute approximate surface area is 90.5 Å². The lowest BCUT2D eigenvalue weighted by Crippen LogP contribution is -2.28. The topological polar surface area (TPSA) is 101 Å². The monoisotopic (exact) mass is 237 g/mol. The third-order valence-electron chi connectivity index (χ3n) is 2.47. The molecule has 5 nitrogen and oxygen atoms in total. The zero-order valence-electron chi connectivity index (χ0n) is 8.98. The summed E-state index contributed by atoms with van der Waals surface area (Å²) >= 11 is 0. The first kappa shape index (κ1) is 14.6. The van der Waals surface area contributed by atoms with Crippen LogP contribution < -0.4 is 5.73 Å². The van der Waals surface area contributed by atoms with E-state index in [4.69, 9.17) is 15.7 Å². The maximum absolute atomic E-state index is 11.1. The van der Waals surface area contributed by atoms with Crippen molar-refractivity contribution in [1.82, 2.24) is 0 Å². The lowest BCUT2D eigenvalue weighted by Gasteiger charge is -2.20. The van der Waals surface area contributed by atoms with E-state index in [-0.39, 0.29) is 6.54 Å². The molecule has 0 aromatic heterocycles. The molecule has 6 heteroatoms. The molecule has 0 heterocycles. The minimum atomic E-state index is -2.82. The highest BCUT2D eigenvalue weighted by atomic mass is 31.1. The molecule has 0 saturated heterocycles. The van der Waals surface area contributed by atoms with E-state index in [1.54, 1.807) is 0 Å². The molecule has 0 aromatic carbocycles. The maximum atomic E-state index is 11.1. The van der Waals surface area contributed by atoms with Gasteiger partial charge in [0, 0.05) is 5.66 Å². The summed E-state index contributed by atoms with van der Waals surface area (Å²) in [6.45, 7) is 2.20. The largest absolute Gasteiger partial charge is 0.481 e. The molecule has 0 rings (SSSR count). The minimum absolute atomic E-state index is 0.248. The van der Waals surface area contributed by atoms with E-state index in [9.17, 15) is 9.36 Å². The number of carbonyl (C=O) groups is 1. The molecule has 0 aliphatic heterocycles. The summed E-state index contributed by atoms with van der Waals surface area (Å²) in [6, 6.07) is 0. The Balaban J connectivity index is 4.52. The highest BCUT2D eigenvalue weighted by Gasteiger charge is 2.30. The summed E-state index contributed by atoms with van der Waals surface area (Å²) < 4.78 is 11.1. The van der Waals surface area contributed by atoms with Gasteiger partial charge in [0.15, 0.2) is 8.03 Å². The summed E-state index contributed by atoms with van der Waals surface area (Å²) in [5.74, 6) is -1.72. The zero-order valence-corrected chi connectivity index (χ0v) is 9.98. The number of hydrogen-bond donors (Lipinski definition) is 3. The van der Waals surface area contributed by atoms with Crippen LogP contribution in [0.4, 0.5) is 0 Å². The quantitative estimate of drug-likeness (QED) is 0.548. The molecule has 0 aliphatic carbocycles. The number of nitrogens with two attached hydrogens (primary N) is 1. The molecule has 0 spiro atoms. The van der Waals surface area contributed by atoms with Crippen LogP contribution >= 0.6 is 8.03 Å². The van der Waals surface area contributed by atoms with Crippen LogP contribution in [0.3, 0.4) is 0 Å². The summed E-state index contributed by atoms with van der Waals surface area (Å²) in [5.41, 5.74) is 4.63. The molecular weight excluding hydrogens is 217 g/mol. The molecule has 0 saturated carbocycles. The molecular formula is C9H20NO4P. The summed E-state index contributed by atoms with van der Waals surface area (Å²) in [6.07, 6.45) is 2.39. The van der Waals surface area contributed by atoms with Gasteiger partial charge in [-0.05, 0) is 19.4 Å². The highest BCUT2D eigenvalue weighted by Crippen LogP contribution is 2.34. The van der Waals surface area contributed by atoms with Gasteiger partial charge in [-0.1, -0.05) is 19.8 Å². The van der Waals surface area contributed by atoms with E-state index in [1.807, 2.05) is 6.92 Å². The summed E-state index contributed by atoms with van der Waals surface area (Å²) in [7, 11) is -2.82. The van der Waals surface area contributed by atoms with Gasteiger partial charge in [-0.3, -0.25) is 9.36 Å². The second-order valence-electron chi connectivity index (χ2n) is 3.61. The predicted molar refractivity (Wildman–Crippen MR) is 59.3 cm³/mol. The van der Waals surface area contributed by atoms with Crippen molar-refractivity contribution in [1.29, 1.82) is 0 Å². The Kier molecular flexibility index (Phi) is 7.65. The van der Waals surface area contributed by atoms with Crippen LogP contribution in [0.1, 0.15) is 32.6 Å². The van der Waals surface area contributed by atoms with Crippen molar-refractivity contribution in [2.24, 2.45) is 11.7 Å². The van der Waals surface area contributed by atoms with Crippen LogP contribution in [0.15, 0.2) is 0 Å². The molecule has 3 atom stereocenters. The fourth-order valence-electron chi connectivity index (χ4n) is 1.60. The molecule has 0 amide bonds. The highest BCUT2D eigenvalue weighted by molar-refractivity contribution is 7.39. The number of aliphatic carboxylic acids is 1. The van der Waals surface area contributed by atoms with Gasteiger partial charge in [0.1, 0.15) is 0 Å². The summed E-state index contributed by atoms with van der Waals surface area (Å²) in [4.78, 5) is 20.0. The minimum Gasteiger partial charge on any atom is -0.481 e. The molecule has 0 aromatic rings. The first-order valence-corrected chi connectivity index (χ1v) is 6.63. The molecule has 90 valence electrons. The molecule has 0 fully saturated rings. The Morgan fingerprint density at radius 2 is 2.07 bits per heavy atom. The number of carboxylic acids is 1. The van der Waals surface area contributed by atoms with Crippen molar-refractivity contribution in [2.75, 3.05) is 6.54 Å². The van der Waals surface area contributed by atoms with Crippen molar-refractivity contribution in [3.8, 4) is 0 Å². The fourth-order valence-corrected chi connectivity index (χ4v) is 2.66. The Morgan fingerprint density at radius 3 is 2.40 bits per heavy atom. The molecule has 0 radical (unpaired) electrons.